The molecule has 2 rings (SSSR count). The molecule has 4 nitrogen and oxygen atoms in total. The highest BCUT2D eigenvalue weighted by molar-refractivity contribution is 5.35. The van der Waals surface area contributed by atoms with Crippen LogP contribution in [0.1, 0.15) is 24.6 Å². The van der Waals surface area contributed by atoms with Crippen LogP contribution < -0.4 is 5.32 Å². The van der Waals surface area contributed by atoms with E-state index in [1.807, 2.05) is 19.1 Å². The predicted octanol–water partition coefficient (Wildman–Crippen LogP) is 3.17. The quantitative estimate of drug-likeness (QED) is 0.917. The number of pyridine rings is 1. The van der Waals surface area contributed by atoms with Crippen molar-refractivity contribution in [1.82, 2.24) is 14.8 Å². The molecular formula is C13H15F3N4. The molecule has 0 aromatic carbocycles. The van der Waals surface area contributed by atoms with Crippen LogP contribution in [0, 0.1) is 0 Å². The zero-order chi connectivity index (χ0) is 14.6. The normalized spacial score (nSPS) is 11.6. The fraction of sp³-hybridized carbons (Fsp3) is 0.385. The Morgan fingerprint density at radius 1 is 1.30 bits per heavy atom. The van der Waals surface area contributed by atoms with E-state index < -0.39 is 11.7 Å². The molecule has 0 aliphatic carbocycles. The lowest BCUT2D eigenvalue weighted by Gasteiger charge is -2.06. The third-order valence-electron chi connectivity index (χ3n) is 2.65. The van der Waals surface area contributed by atoms with Crippen molar-refractivity contribution in [3.05, 3.63) is 41.9 Å². The fourth-order valence-electron chi connectivity index (χ4n) is 1.68. The molecule has 0 fully saturated rings. The average molecular weight is 284 g/mol. The van der Waals surface area contributed by atoms with Gasteiger partial charge in [0.05, 0.1) is 24.0 Å². The highest BCUT2D eigenvalue weighted by atomic mass is 19.4. The summed E-state index contributed by atoms with van der Waals surface area (Å²) in [6.07, 6.45) is -1.59. The Hall–Kier alpha value is -2.05. The van der Waals surface area contributed by atoms with E-state index in [4.69, 9.17) is 0 Å². The molecule has 108 valence electrons. The van der Waals surface area contributed by atoms with Crippen LogP contribution in [0.4, 0.5) is 19.0 Å². The topological polar surface area (TPSA) is 42.7 Å². The maximum atomic E-state index is 12.5. The van der Waals surface area contributed by atoms with Crippen molar-refractivity contribution < 1.29 is 13.2 Å². The molecule has 0 spiro atoms. The van der Waals surface area contributed by atoms with Gasteiger partial charge in [-0.25, -0.2) is 4.98 Å². The molecule has 0 radical (unpaired) electrons. The van der Waals surface area contributed by atoms with E-state index in [-0.39, 0.29) is 6.54 Å². The Morgan fingerprint density at radius 2 is 2.10 bits per heavy atom. The zero-order valence-corrected chi connectivity index (χ0v) is 11.0. The number of alkyl halides is 3. The molecule has 2 heterocycles. The number of hydrogen-bond donors (Lipinski definition) is 1. The Morgan fingerprint density at radius 3 is 2.75 bits per heavy atom. The fourth-order valence-corrected chi connectivity index (χ4v) is 1.68. The molecule has 2 aromatic rings. The summed E-state index contributed by atoms with van der Waals surface area (Å²) in [5.41, 5.74) is -0.0966. The second kappa shape index (κ2) is 5.94. The lowest BCUT2D eigenvalue weighted by Crippen LogP contribution is -2.07. The van der Waals surface area contributed by atoms with Crippen molar-refractivity contribution in [2.45, 2.75) is 26.1 Å². The molecule has 0 saturated carbocycles. The monoisotopic (exact) mass is 284 g/mol. The van der Waals surface area contributed by atoms with Crippen LogP contribution in [0.3, 0.4) is 0 Å². The van der Waals surface area contributed by atoms with E-state index in [1.54, 1.807) is 6.07 Å². The van der Waals surface area contributed by atoms with Crippen molar-refractivity contribution in [2.75, 3.05) is 11.9 Å². The van der Waals surface area contributed by atoms with Crippen LogP contribution in [-0.2, 0) is 12.7 Å². The van der Waals surface area contributed by atoms with Crippen molar-refractivity contribution >= 4 is 5.82 Å². The Balaban J connectivity index is 2.08. The first kappa shape index (κ1) is 14.4. The molecule has 2 aromatic heterocycles. The van der Waals surface area contributed by atoms with Gasteiger partial charge in [-0.2, -0.15) is 18.3 Å². The molecule has 0 saturated heterocycles. The smallest absolute Gasteiger partial charge is 0.370 e. The average Bonchev–Trinajstić information content (AvgIpc) is 2.85. The second-order valence-corrected chi connectivity index (χ2v) is 4.37. The van der Waals surface area contributed by atoms with Gasteiger partial charge in [0.15, 0.2) is 0 Å². The number of anilines is 1. The molecule has 0 atom stereocenters. The van der Waals surface area contributed by atoms with Gasteiger partial charge in [-0.3, -0.25) is 4.68 Å². The van der Waals surface area contributed by atoms with Crippen LogP contribution in [0.2, 0.25) is 0 Å². The van der Waals surface area contributed by atoms with Gasteiger partial charge in [0.1, 0.15) is 5.82 Å². The molecule has 1 N–H and O–H groups in total. The Labute approximate surface area is 114 Å². The summed E-state index contributed by atoms with van der Waals surface area (Å²) in [5, 5.41) is 6.84. The van der Waals surface area contributed by atoms with Crippen LogP contribution in [0.15, 0.2) is 30.6 Å². The van der Waals surface area contributed by atoms with E-state index in [2.05, 4.69) is 15.4 Å². The number of nitrogens with zero attached hydrogens (tertiary/aromatic N) is 3. The largest absolute Gasteiger partial charge is 0.419 e. The van der Waals surface area contributed by atoms with Crippen molar-refractivity contribution in [1.29, 1.82) is 0 Å². The minimum absolute atomic E-state index is 0.206. The maximum absolute atomic E-state index is 12.5. The Bertz CT molecular complexity index is 563. The number of halogens is 3. The van der Waals surface area contributed by atoms with Crippen LogP contribution in [0.25, 0.3) is 0 Å². The third-order valence-corrected chi connectivity index (χ3v) is 2.65. The van der Waals surface area contributed by atoms with E-state index >= 15 is 0 Å². The van der Waals surface area contributed by atoms with Crippen molar-refractivity contribution in [3.8, 4) is 0 Å². The van der Waals surface area contributed by atoms with Crippen LogP contribution in [0.5, 0.6) is 0 Å². The molecule has 20 heavy (non-hydrogen) atoms. The van der Waals surface area contributed by atoms with Crippen molar-refractivity contribution in [2.24, 2.45) is 0 Å². The van der Waals surface area contributed by atoms with E-state index in [1.165, 1.54) is 4.68 Å². The molecule has 0 bridgehead atoms. The van der Waals surface area contributed by atoms with Gasteiger partial charge in [0, 0.05) is 12.7 Å². The van der Waals surface area contributed by atoms with E-state index in [9.17, 15) is 13.2 Å². The van der Waals surface area contributed by atoms with E-state index in [0.29, 0.717) is 11.5 Å². The summed E-state index contributed by atoms with van der Waals surface area (Å²) < 4.78 is 38.6. The van der Waals surface area contributed by atoms with Gasteiger partial charge in [0.25, 0.3) is 0 Å². The van der Waals surface area contributed by atoms with Crippen LogP contribution in [-0.4, -0.2) is 21.3 Å². The highest BCUT2D eigenvalue weighted by Crippen LogP contribution is 2.28. The number of aromatic nitrogens is 3. The third kappa shape index (κ3) is 3.72. The first-order valence-corrected chi connectivity index (χ1v) is 6.28. The predicted molar refractivity (Wildman–Crippen MR) is 69.3 cm³/mol. The summed E-state index contributed by atoms with van der Waals surface area (Å²) >= 11 is 0. The first-order chi connectivity index (χ1) is 9.49. The van der Waals surface area contributed by atoms with E-state index in [0.717, 1.165) is 25.4 Å². The number of hydrogen-bond acceptors (Lipinski definition) is 3. The minimum atomic E-state index is -4.36. The summed E-state index contributed by atoms with van der Waals surface area (Å²) in [6, 6.07) is 5.39. The zero-order valence-electron chi connectivity index (χ0n) is 11.0. The van der Waals surface area contributed by atoms with Gasteiger partial charge >= 0.3 is 6.18 Å². The van der Waals surface area contributed by atoms with Gasteiger partial charge in [-0.1, -0.05) is 13.0 Å². The minimum Gasteiger partial charge on any atom is -0.370 e. The second-order valence-electron chi connectivity index (χ2n) is 4.37. The molecular weight excluding hydrogens is 269 g/mol. The highest BCUT2D eigenvalue weighted by Gasteiger charge is 2.32. The van der Waals surface area contributed by atoms with Gasteiger partial charge in [-0.15, -0.1) is 0 Å². The summed E-state index contributed by atoms with van der Waals surface area (Å²) in [6.45, 7) is 3.05. The van der Waals surface area contributed by atoms with Gasteiger partial charge in [-0.05, 0) is 18.6 Å². The standard InChI is InChI=1S/C13H15F3N4/c1-2-6-17-12-5-3-4-11(19-12)9-20-8-10(7-18-20)13(14,15)16/h3-5,7-8H,2,6,9H2,1H3,(H,17,19). The number of rotatable bonds is 5. The summed E-state index contributed by atoms with van der Waals surface area (Å²) in [4.78, 5) is 4.32. The maximum Gasteiger partial charge on any atom is 0.419 e. The van der Waals surface area contributed by atoms with Crippen molar-refractivity contribution in [3.63, 3.8) is 0 Å². The van der Waals surface area contributed by atoms with Gasteiger partial charge < -0.3 is 5.32 Å². The molecule has 0 aliphatic rings. The first-order valence-electron chi connectivity index (χ1n) is 6.28. The summed E-state index contributed by atoms with van der Waals surface area (Å²) in [7, 11) is 0. The summed E-state index contributed by atoms with van der Waals surface area (Å²) in [5.74, 6) is 0.715. The lowest BCUT2D eigenvalue weighted by molar-refractivity contribution is -0.137. The van der Waals surface area contributed by atoms with Crippen LogP contribution >= 0.6 is 0 Å². The SMILES string of the molecule is CCCNc1cccc(Cn2cc(C(F)(F)F)cn2)n1. The molecule has 0 unspecified atom stereocenters. The number of nitrogens with one attached hydrogen (secondary N) is 1. The molecule has 0 amide bonds. The molecule has 0 aliphatic heterocycles. The van der Waals surface area contributed by atoms with Gasteiger partial charge in [0.2, 0.25) is 0 Å². The Kier molecular flexibility index (Phi) is 4.26. The lowest BCUT2D eigenvalue weighted by atomic mass is 10.3. The molecule has 7 heteroatoms.